The molecule has 2 N–H and O–H groups in total. The van der Waals surface area contributed by atoms with Crippen molar-refractivity contribution >= 4 is 52.4 Å². The predicted molar refractivity (Wildman–Crippen MR) is 124 cm³/mol. The number of benzene rings is 3. The standard InChI is InChI=1S/C22H18ClN3O5S/c1-13-11-15(23)4-9-18(13)25(2)21(27)14-3-10-20(19(12-14)26(30)31)32-17-7-5-16(6-8-17)24-22(28)29/h3-12,24H,1-2H3,(H,28,29). The number of nitrogens with zero attached hydrogens (tertiary/aromatic N) is 2. The molecular weight excluding hydrogens is 454 g/mol. The van der Waals surface area contributed by atoms with Crippen molar-refractivity contribution in [3.05, 3.63) is 86.9 Å². The molecule has 0 saturated heterocycles. The zero-order valence-electron chi connectivity index (χ0n) is 17.0. The largest absolute Gasteiger partial charge is 0.465 e. The van der Waals surface area contributed by atoms with Gasteiger partial charge in [0, 0.05) is 40.0 Å². The molecule has 0 aliphatic rings. The summed E-state index contributed by atoms with van der Waals surface area (Å²) in [5.74, 6) is -0.390. The Bertz CT molecular complexity index is 1200. The summed E-state index contributed by atoms with van der Waals surface area (Å²) in [4.78, 5) is 37.2. The molecular formula is C22H18ClN3O5S. The molecule has 8 nitrogen and oxygen atoms in total. The molecule has 0 unspecified atom stereocenters. The molecule has 0 aliphatic carbocycles. The van der Waals surface area contributed by atoms with E-state index in [2.05, 4.69) is 5.32 Å². The van der Waals surface area contributed by atoms with E-state index in [1.165, 1.54) is 17.0 Å². The van der Waals surface area contributed by atoms with Crippen LogP contribution >= 0.6 is 23.4 Å². The van der Waals surface area contributed by atoms with Gasteiger partial charge in [-0.2, -0.15) is 0 Å². The van der Waals surface area contributed by atoms with Gasteiger partial charge in [0.15, 0.2) is 0 Å². The second-order valence-corrected chi connectivity index (χ2v) is 8.34. The van der Waals surface area contributed by atoms with E-state index < -0.39 is 11.0 Å². The molecule has 0 spiro atoms. The van der Waals surface area contributed by atoms with E-state index in [1.807, 2.05) is 6.92 Å². The quantitative estimate of drug-likeness (QED) is 0.333. The highest BCUT2D eigenvalue weighted by atomic mass is 35.5. The Hall–Kier alpha value is -3.56. The highest BCUT2D eigenvalue weighted by molar-refractivity contribution is 7.99. The van der Waals surface area contributed by atoms with Crippen molar-refractivity contribution in [3.8, 4) is 0 Å². The molecule has 0 fully saturated rings. The molecule has 0 bridgehead atoms. The Morgan fingerprint density at radius 3 is 2.38 bits per heavy atom. The minimum atomic E-state index is -1.18. The third kappa shape index (κ3) is 5.37. The Labute approximate surface area is 193 Å². The van der Waals surface area contributed by atoms with Crippen molar-refractivity contribution in [2.24, 2.45) is 0 Å². The zero-order valence-corrected chi connectivity index (χ0v) is 18.6. The van der Waals surface area contributed by atoms with Crippen molar-refractivity contribution in [1.29, 1.82) is 0 Å². The molecule has 0 aliphatic heterocycles. The van der Waals surface area contributed by atoms with Crippen molar-refractivity contribution in [2.75, 3.05) is 17.3 Å². The van der Waals surface area contributed by atoms with Crippen LogP contribution in [0.5, 0.6) is 0 Å². The van der Waals surface area contributed by atoms with Gasteiger partial charge in [0.05, 0.1) is 9.82 Å². The van der Waals surface area contributed by atoms with Crippen molar-refractivity contribution in [2.45, 2.75) is 16.7 Å². The number of anilines is 2. The first-order valence-corrected chi connectivity index (χ1v) is 10.5. The molecule has 2 amide bonds. The Kier molecular flexibility index (Phi) is 7.01. The molecule has 3 rings (SSSR count). The minimum absolute atomic E-state index is 0.180. The predicted octanol–water partition coefficient (Wildman–Crippen LogP) is 6.07. The topological polar surface area (TPSA) is 113 Å². The number of halogens is 1. The van der Waals surface area contributed by atoms with E-state index in [9.17, 15) is 19.7 Å². The first-order valence-electron chi connectivity index (χ1n) is 9.26. The number of nitro benzene ring substituents is 1. The van der Waals surface area contributed by atoms with Crippen LogP contribution < -0.4 is 10.2 Å². The Balaban J connectivity index is 1.86. The van der Waals surface area contributed by atoms with Crippen LogP contribution in [0, 0.1) is 17.0 Å². The van der Waals surface area contributed by atoms with Crippen molar-refractivity contribution in [3.63, 3.8) is 0 Å². The summed E-state index contributed by atoms with van der Waals surface area (Å²) in [6, 6.07) is 15.9. The third-order valence-corrected chi connectivity index (χ3v) is 5.87. The van der Waals surface area contributed by atoms with Crippen LogP contribution in [0.15, 0.2) is 70.5 Å². The van der Waals surface area contributed by atoms with E-state index in [4.69, 9.17) is 16.7 Å². The van der Waals surface area contributed by atoms with Gasteiger partial charge in [-0.3, -0.25) is 20.2 Å². The normalized spacial score (nSPS) is 10.5. The van der Waals surface area contributed by atoms with Gasteiger partial charge in [-0.1, -0.05) is 23.4 Å². The first-order chi connectivity index (χ1) is 15.2. The second-order valence-electron chi connectivity index (χ2n) is 6.79. The van der Waals surface area contributed by atoms with Gasteiger partial charge >= 0.3 is 6.09 Å². The number of nitro groups is 1. The minimum Gasteiger partial charge on any atom is -0.465 e. The van der Waals surface area contributed by atoms with E-state index >= 15 is 0 Å². The fourth-order valence-corrected chi connectivity index (χ4v) is 4.16. The lowest BCUT2D eigenvalue weighted by atomic mass is 10.1. The molecule has 164 valence electrons. The third-order valence-electron chi connectivity index (χ3n) is 4.56. The molecule has 0 aromatic heterocycles. The van der Waals surface area contributed by atoms with Crippen LogP contribution in [0.3, 0.4) is 0 Å². The number of hydrogen-bond acceptors (Lipinski definition) is 5. The van der Waals surface area contributed by atoms with Crippen LogP contribution in [0.1, 0.15) is 15.9 Å². The summed E-state index contributed by atoms with van der Waals surface area (Å²) in [6.45, 7) is 1.82. The lowest BCUT2D eigenvalue weighted by Gasteiger charge is -2.20. The number of carbonyl (C=O) groups excluding carboxylic acids is 1. The number of amides is 2. The average molecular weight is 472 g/mol. The number of nitrogens with one attached hydrogen (secondary N) is 1. The summed E-state index contributed by atoms with van der Waals surface area (Å²) < 4.78 is 0. The summed E-state index contributed by atoms with van der Waals surface area (Å²) in [6.07, 6.45) is -1.18. The fraction of sp³-hybridized carbons (Fsp3) is 0.0909. The number of carbonyl (C=O) groups is 2. The lowest BCUT2D eigenvalue weighted by Crippen LogP contribution is -2.27. The van der Waals surface area contributed by atoms with Crippen LogP contribution in [-0.2, 0) is 0 Å². The fourth-order valence-electron chi connectivity index (χ4n) is 3.03. The molecule has 32 heavy (non-hydrogen) atoms. The van der Waals surface area contributed by atoms with Crippen LogP contribution in [-0.4, -0.2) is 29.1 Å². The molecule has 10 heteroatoms. The molecule has 0 saturated carbocycles. The van der Waals surface area contributed by atoms with Crippen LogP contribution in [0.2, 0.25) is 5.02 Å². The lowest BCUT2D eigenvalue weighted by molar-refractivity contribution is -0.387. The van der Waals surface area contributed by atoms with Gasteiger partial charge in [-0.25, -0.2) is 4.79 Å². The Morgan fingerprint density at radius 1 is 1.09 bits per heavy atom. The van der Waals surface area contributed by atoms with Gasteiger partial charge in [0.1, 0.15) is 0 Å². The first kappa shape index (κ1) is 23.1. The highest BCUT2D eigenvalue weighted by Crippen LogP contribution is 2.36. The van der Waals surface area contributed by atoms with Crippen molar-refractivity contribution < 1.29 is 19.6 Å². The van der Waals surface area contributed by atoms with E-state index in [0.717, 1.165) is 17.3 Å². The number of aryl methyl sites for hydroxylation is 1. The molecule has 0 atom stereocenters. The van der Waals surface area contributed by atoms with Gasteiger partial charge in [0.2, 0.25) is 0 Å². The van der Waals surface area contributed by atoms with Crippen LogP contribution in [0.25, 0.3) is 0 Å². The molecule has 0 heterocycles. The van der Waals surface area contributed by atoms with Gasteiger partial charge in [-0.15, -0.1) is 0 Å². The maximum Gasteiger partial charge on any atom is 0.409 e. The highest BCUT2D eigenvalue weighted by Gasteiger charge is 2.22. The number of hydrogen-bond donors (Lipinski definition) is 2. The number of carboxylic acid groups (broad SMARTS) is 1. The average Bonchev–Trinajstić information content (AvgIpc) is 2.74. The van der Waals surface area contributed by atoms with Crippen molar-refractivity contribution in [1.82, 2.24) is 0 Å². The second kappa shape index (κ2) is 9.71. The maximum absolute atomic E-state index is 13.0. The summed E-state index contributed by atoms with van der Waals surface area (Å²) in [5.41, 5.74) is 1.82. The molecule has 3 aromatic carbocycles. The SMILES string of the molecule is Cc1cc(Cl)ccc1N(C)C(=O)c1ccc(Sc2ccc(NC(=O)O)cc2)c([N+](=O)[O-])c1. The van der Waals surface area contributed by atoms with Gasteiger partial charge in [0.25, 0.3) is 11.6 Å². The van der Waals surface area contributed by atoms with E-state index in [1.54, 1.807) is 55.6 Å². The summed E-state index contributed by atoms with van der Waals surface area (Å²) in [7, 11) is 1.60. The molecule has 3 aromatic rings. The summed E-state index contributed by atoms with van der Waals surface area (Å²) in [5, 5.41) is 23.2. The van der Waals surface area contributed by atoms with Crippen LogP contribution in [0.4, 0.5) is 21.9 Å². The van der Waals surface area contributed by atoms with Gasteiger partial charge < -0.3 is 10.0 Å². The monoisotopic (exact) mass is 471 g/mol. The van der Waals surface area contributed by atoms with E-state index in [-0.39, 0.29) is 17.2 Å². The Morgan fingerprint density at radius 2 is 1.78 bits per heavy atom. The zero-order chi connectivity index (χ0) is 23.4. The van der Waals surface area contributed by atoms with E-state index in [0.29, 0.717) is 26.2 Å². The smallest absolute Gasteiger partial charge is 0.409 e. The maximum atomic E-state index is 13.0. The molecule has 0 radical (unpaired) electrons. The number of rotatable bonds is 6. The van der Waals surface area contributed by atoms with Gasteiger partial charge in [-0.05, 0) is 67.1 Å². The summed E-state index contributed by atoms with van der Waals surface area (Å²) >= 11 is 7.12.